The normalized spacial score (nSPS) is 40.4. The summed E-state index contributed by atoms with van der Waals surface area (Å²) in [5, 5.41) is 0. The summed E-state index contributed by atoms with van der Waals surface area (Å²) in [6.45, 7) is 15.9. The summed E-state index contributed by atoms with van der Waals surface area (Å²) >= 11 is 0. The SMILES string of the molecule is COc1c(C)c([C@]2(C)O[C@@H]2/C(C)=C/C(C)=C/[C@]2(C)O[C@@H](C)[C@]3(C)O[C@@H]32)oc(=O)c1C. The summed E-state index contributed by atoms with van der Waals surface area (Å²) < 4.78 is 29.2. The van der Waals surface area contributed by atoms with Crippen molar-refractivity contribution in [2.45, 2.75) is 90.5 Å². The molecule has 0 N–H and O–H groups in total. The molecule has 1 aromatic rings. The van der Waals surface area contributed by atoms with Crippen molar-refractivity contribution in [2.24, 2.45) is 0 Å². The van der Waals surface area contributed by atoms with E-state index >= 15 is 0 Å². The minimum absolute atomic E-state index is 0.0686. The maximum absolute atomic E-state index is 12.3. The summed E-state index contributed by atoms with van der Waals surface area (Å²) in [4.78, 5) is 12.3. The number of methoxy groups -OCH3 is 1. The van der Waals surface area contributed by atoms with E-state index in [1.54, 1.807) is 14.0 Å². The topological polar surface area (TPSA) is 73.7 Å². The third-order valence-electron chi connectivity index (χ3n) is 6.96. The fourth-order valence-electron chi connectivity index (χ4n) is 5.23. The minimum atomic E-state index is -0.689. The lowest BCUT2D eigenvalue weighted by atomic mass is 9.91. The van der Waals surface area contributed by atoms with Crippen molar-refractivity contribution in [3.63, 3.8) is 0 Å². The van der Waals surface area contributed by atoms with Gasteiger partial charge < -0.3 is 23.4 Å². The van der Waals surface area contributed by atoms with E-state index in [2.05, 4.69) is 39.8 Å². The summed E-state index contributed by atoms with van der Waals surface area (Å²) in [5.74, 6) is 1.08. The highest BCUT2D eigenvalue weighted by molar-refractivity contribution is 5.45. The molecule has 0 spiro atoms. The van der Waals surface area contributed by atoms with Crippen LogP contribution < -0.4 is 10.4 Å². The Hall–Kier alpha value is -1.89. The maximum atomic E-state index is 12.3. The van der Waals surface area contributed by atoms with E-state index < -0.39 is 16.8 Å². The van der Waals surface area contributed by atoms with Crippen LogP contribution in [0.15, 0.2) is 32.5 Å². The first-order valence-electron chi connectivity index (χ1n) is 10.5. The lowest BCUT2D eigenvalue weighted by Gasteiger charge is -2.24. The van der Waals surface area contributed by atoms with Crippen molar-refractivity contribution in [1.29, 1.82) is 0 Å². The standard InChI is InChI=1S/C24H32O6/c1-12(11-22(6)21-23(7,30-21)16(5)28-22)10-13(2)18-24(8,29-18)19-14(3)17(26-9)15(4)20(25)27-19/h10-11,16,18,21H,1-9H3/b12-11+,13-10+/t16-,18+,21+,22-,23-,24+/m0/s1. The lowest BCUT2D eigenvalue weighted by molar-refractivity contribution is -0.0719. The second-order valence-corrected chi connectivity index (χ2v) is 9.51. The first-order valence-corrected chi connectivity index (χ1v) is 10.5. The molecule has 30 heavy (non-hydrogen) atoms. The number of ether oxygens (including phenoxy) is 4. The van der Waals surface area contributed by atoms with Crippen LogP contribution in [0.5, 0.6) is 5.75 Å². The average molecular weight is 417 g/mol. The highest BCUT2D eigenvalue weighted by Gasteiger charge is 2.71. The monoisotopic (exact) mass is 416 g/mol. The summed E-state index contributed by atoms with van der Waals surface area (Å²) in [5.41, 5.74) is 1.71. The van der Waals surface area contributed by atoms with Gasteiger partial charge in [0.2, 0.25) is 0 Å². The molecule has 3 aliphatic rings. The molecule has 0 aliphatic carbocycles. The molecule has 0 aromatic carbocycles. The van der Waals surface area contributed by atoms with Crippen molar-refractivity contribution >= 4 is 0 Å². The molecule has 0 bridgehead atoms. The van der Waals surface area contributed by atoms with Crippen molar-refractivity contribution < 1.29 is 23.4 Å². The smallest absolute Gasteiger partial charge is 0.342 e. The number of allylic oxidation sites excluding steroid dienone is 2. The van der Waals surface area contributed by atoms with Crippen molar-refractivity contribution in [3.05, 3.63) is 50.6 Å². The predicted octanol–water partition coefficient (Wildman–Crippen LogP) is 4.11. The van der Waals surface area contributed by atoms with E-state index in [0.717, 1.165) is 16.7 Å². The summed E-state index contributed by atoms with van der Waals surface area (Å²) in [7, 11) is 1.56. The molecule has 3 aliphatic heterocycles. The molecular formula is C24H32O6. The quantitative estimate of drug-likeness (QED) is 0.531. The zero-order valence-corrected chi connectivity index (χ0v) is 19.3. The van der Waals surface area contributed by atoms with E-state index in [1.807, 2.05) is 20.8 Å². The third kappa shape index (κ3) is 3.00. The van der Waals surface area contributed by atoms with Crippen LogP contribution in [0, 0.1) is 13.8 Å². The number of hydrogen-bond donors (Lipinski definition) is 0. The Balaban J connectivity index is 1.58. The molecule has 3 saturated heterocycles. The molecule has 6 atom stereocenters. The second-order valence-electron chi connectivity index (χ2n) is 9.51. The Kier molecular flexibility index (Phi) is 4.66. The molecule has 0 amide bonds. The molecule has 0 saturated carbocycles. The third-order valence-corrected chi connectivity index (χ3v) is 6.96. The Morgan fingerprint density at radius 3 is 2.27 bits per heavy atom. The lowest BCUT2D eigenvalue weighted by Crippen LogP contribution is -2.30. The van der Waals surface area contributed by atoms with Gasteiger partial charge in [0.05, 0.1) is 18.8 Å². The number of hydrogen-bond acceptors (Lipinski definition) is 6. The summed E-state index contributed by atoms with van der Waals surface area (Å²) in [6.07, 6.45) is 4.22. The van der Waals surface area contributed by atoms with Gasteiger partial charge in [-0.25, -0.2) is 4.79 Å². The average Bonchev–Trinajstić information content (AvgIpc) is 3.52. The molecule has 0 unspecified atom stereocenters. The Bertz CT molecular complexity index is 1020. The van der Waals surface area contributed by atoms with E-state index in [4.69, 9.17) is 23.4 Å². The molecule has 4 heterocycles. The van der Waals surface area contributed by atoms with E-state index in [0.29, 0.717) is 17.1 Å². The van der Waals surface area contributed by atoms with Crippen molar-refractivity contribution in [3.8, 4) is 5.75 Å². The van der Waals surface area contributed by atoms with Gasteiger partial charge in [0.25, 0.3) is 0 Å². The van der Waals surface area contributed by atoms with Gasteiger partial charge in [-0.1, -0.05) is 11.6 Å². The van der Waals surface area contributed by atoms with Gasteiger partial charge in [-0.2, -0.15) is 0 Å². The molecule has 0 radical (unpaired) electrons. The molecule has 1 aromatic heterocycles. The van der Waals surface area contributed by atoms with Crippen LogP contribution in [0.1, 0.15) is 58.4 Å². The number of fused-ring (bicyclic) bond motifs is 1. The highest BCUT2D eigenvalue weighted by Crippen LogP contribution is 2.56. The van der Waals surface area contributed by atoms with Gasteiger partial charge in [-0.15, -0.1) is 0 Å². The molecule has 164 valence electrons. The Morgan fingerprint density at radius 1 is 1.07 bits per heavy atom. The fraction of sp³-hybridized carbons (Fsp3) is 0.625. The van der Waals surface area contributed by atoms with Gasteiger partial charge in [0.15, 0.2) is 5.60 Å². The zero-order valence-electron chi connectivity index (χ0n) is 19.3. The van der Waals surface area contributed by atoms with Crippen LogP contribution in [0.2, 0.25) is 0 Å². The first-order chi connectivity index (χ1) is 13.9. The van der Waals surface area contributed by atoms with Crippen LogP contribution in [0.25, 0.3) is 0 Å². The predicted molar refractivity (Wildman–Crippen MR) is 113 cm³/mol. The first kappa shape index (κ1) is 21.3. The molecule has 6 nitrogen and oxygen atoms in total. The van der Waals surface area contributed by atoms with Crippen LogP contribution in [-0.4, -0.2) is 36.6 Å². The largest absolute Gasteiger partial charge is 0.496 e. The van der Waals surface area contributed by atoms with Gasteiger partial charge >= 0.3 is 5.63 Å². The Labute approximate surface area is 177 Å². The van der Waals surface area contributed by atoms with Gasteiger partial charge in [-0.05, 0) is 67.0 Å². The second kappa shape index (κ2) is 6.55. The summed E-state index contributed by atoms with van der Waals surface area (Å²) in [6, 6.07) is 0. The number of rotatable bonds is 5. The minimum Gasteiger partial charge on any atom is -0.496 e. The van der Waals surface area contributed by atoms with Crippen LogP contribution >= 0.6 is 0 Å². The van der Waals surface area contributed by atoms with Crippen molar-refractivity contribution in [2.75, 3.05) is 7.11 Å². The van der Waals surface area contributed by atoms with Gasteiger partial charge in [0, 0.05) is 5.56 Å². The van der Waals surface area contributed by atoms with Crippen LogP contribution in [0.4, 0.5) is 0 Å². The molecular weight excluding hydrogens is 384 g/mol. The van der Waals surface area contributed by atoms with Gasteiger partial charge in [-0.3, -0.25) is 0 Å². The fourth-order valence-corrected chi connectivity index (χ4v) is 5.23. The van der Waals surface area contributed by atoms with E-state index in [9.17, 15) is 4.79 Å². The number of epoxide rings is 2. The van der Waals surface area contributed by atoms with Crippen LogP contribution in [-0.2, 0) is 19.8 Å². The van der Waals surface area contributed by atoms with Gasteiger partial charge in [0.1, 0.15) is 34.9 Å². The molecule has 4 rings (SSSR count). The molecule has 6 heteroatoms. The maximum Gasteiger partial charge on any atom is 0.342 e. The molecule has 3 fully saturated rings. The van der Waals surface area contributed by atoms with Crippen molar-refractivity contribution in [1.82, 2.24) is 0 Å². The highest BCUT2D eigenvalue weighted by atomic mass is 16.7. The zero-order chi connectivity index (χ0) is 22.2. The Morgan fingerprint density at radius 2 is 1.73 bits per heavy atom. The van der Waals surface area contributed by atoms with E-state index in [-0.39, 0.29) is 23.9 Å². The van der Waals surface area contributed by atoms with E-state index in [1.165, 1.54) is 0 Å². The van der Waals surface area contributed by atoms with Crippen LogP contribution in [0.3, 0.4) is 0 Å².